The van der Waals surface area contributed by atoms with Gasteiger partial charge in [-0.15, -0.1) is 0 Å². The molecule has 1 saturated heterocycles. The molecule has 1 fully saturated rings. The number of hydrogen-bond acceptors (Lipinski definition) is 8. The highest BCUT2D eigenvalue weighted by Crippen LogP contribution is 2.36. The smallest absolute Gasteiger partial charge is 0.160 e. The Morgan fingerprint density at radius 1 is 1.14 bits per heavy atom. The van der Waals surface area contributed by atoms with Gasteiger partial charge in [-0.1, -0.05) is 11.8 Å². The lowest BCUT2D eigenvalue weighted by Crippen LogP contribution is -2.19. The number of aromatic nitrogens is 4. The predicted molar refractivity (Wildman–Crippen MR) is 112 cm³/mol. The van der Waals surface area contributed by atoms with E-state index in [2.05, 4.69) is 30.9 Å². The lowest BCUT2D eigenvalue weighted by Gasteiger charge is -2.17. The summed E-state index contributed by atoms with van der Waals surface area (Å²) in [6.45, 7) is 4.35. The topological polar surface area (TPSA) is 105 Å². The molecule has 146 valence electrons. The summed E-state index contributed by atoms with van der Waals surface area (Å²) in [7, 11) is 0. The second-order valence-corrected chi connectivity index (χ2v) is 7.91. The Kier molecular flexibility index (Phi) is 5.69. The molecule has 0 unspecified atom stereocenters. The highest BCUT2D eigenvalue weighted by Gasteiger charge is 2.17. The third-order valence-electron chi connectivity index (χ3n) is 4.74. The monoisotopic (exact) mass is 403 g/mol. The van der Waals surface area contributed by atoms with E-state index >= 15 is 0 Å². The number of nitrogens with zero attached hydrogens (tertiary/aromatic N) is 6. The zero-order valence-electron chi connectivity index (χ0n) is 16.2. The Balaban J connectivity index is 1.71. The molecule has 29 heavy (non-hydrogen) atoms. The molecule has 7 nitrogen and oxygen atoms in total. The Hall–Kier alpha value is -3.02. The van der Waals surface area contributed by atoms with Gasteiger partial charge in [0.1, 0.15) is 16.7 Å². The first-order chi connectivity index (χ1) is 14.2. The predicted octanol–water partition coefficient (Wildman–Crippen LogP) is 3.32. The summed E-state index contributed by atoms with van der Waals surface area (Å²) >= 11 is 1.50. The molecule has 8 heteroatoms. The van der Waals surface area contributed by atoms with Gasteiger partial charge >= 0.3 is 0 Å². The average molecular weight is 404 g/mol. The van der Waals surface area contributed by atoms with Crippen molar-refractivity contribution >= 4 is 17.6 Å². The van der Waals surface area contributed by atoms with Crippen molar-refractivity contribution in [1.82, 2.24) is 19.9 Å². The van der Waals surface area contributed by atoms with Gasteiger partial charge in [0.05, 0.1) is 11.6 Å². The molecule has 3 aromatic rings. The first-order valence-electron chi connectivity index (χ1n) is 9.50. The number of nitriles is 1. The van der Waals surface area contributed by atoms with Crippen LogP contribution < -0.4 is 10.6 Å². The van der Waals surface area contributed by atoms with Gasteiger partial charge < -0.3 is 10.6 Å². The molecule has 0 bridgehead atoms. The third-order valence-corrected chi connectivity index (χ3v) is 5.71. The van der Waals surface area contributed by atoms with Crippen LogP contribution in [-0.2, 0) is 6.54 Å². The Bertz CT molecular complexity index is 1050. The van der Waals surface area contributed by atoms with Crippen molar-refractivity contribution in [3.63, 3.8) is 0 Å². The van der Waals surface area contributed by atoms with Crippen LogP contribution in [0.25, 0.3) is 11.4 Å². The summed E-state index contributed by atoms with van der Waals surface area (Å²) in [5.74, 6) is 2.29. The summed E-state index contributed by atoms with van der Waals surface area (Å²) in [5, 5.41) is 10.2. The Morgan fingerprint density at radius 2 is 1.90 bits per heavy atom. The molecule has 0 spiro atoms. The molecule has 1 aliphatic rings. The van der Waals surface area contributed by atoms with Crippen molar-refractivity contribution in [2.45, 2.75) is 36.2 Å². The summed E-state index contributed by atoms with van der Waals surface area (Å²) in [5.41, 5.74) is 7.97. The first kappa shape index (κ1) is 19.3. The SMILES string of the molecule is Cc1nc(Sc2cc(C#N)ccc2-c2ncc(CN)cn2)cc(N2CCCC2)n1. The molecule has 1 aromatic carbocycles. The van der Waals surface area contributed by atoms with Gasteiger partial charge in [-0.2, -0.15) is 5.26 Å². The number of aryl methyl sites for hydroxylation is 1. The van der Waals surface area contributed by atoms with Gasteiger partial charge in [0.25, 0.3) is 0 Å². The van der Waals surface area contributed by atoms with Gasteiger partial charge in [-0.25, -0.2) is 19.9 Å². The highest BCUT2D eigenvalue weighted by molar-refractivity contribution is 7.99. The minimum Gasteiger partial charge on any atom is -0.356 e. The quantitative estimate of drug-likeness (QED) is 0.647. The van der Waals surface area contributed by atoms with E-state index in [4.69, 9.17) is 5.73 Å². The van der Waals surface area contributed by atoms with Crippen molar-refractivity contribution in [2.75, 3.05) is 18.0 Å². The normalized spacial score (nSPS) is 13.5. The molecular weight excluding hydrogens is 382 g/mol. The van der Waals surface area contributed by atoms with E-state index in [-0.39, 0.29) is 0 Å². The summed E-state index contributed by atoms with van der Waals surface area (Å²) in [6.07, 6.45) is 5.84. The average Bonchev–Trinajstić information content (AvgIpc) is 3.28. The van der Waals surface area contributed by atoms with E-state index in [1.54, 1.807) is 18.5 Å². The second-order valence-electron chi connectivity index (χ2n) is 6.85. The third kappa shape index (κ3) is 4.36. The fraction of sp³-hybridized carbons (Fsp3) is 0.286. The van der Waals surface area contributed by atoms with Gasteiger partial charge in [0, 0.05) is 54.1 Å². The Labute approximate surface area is 174 Å². The zero-order chi connectivity index (χ0) is 20.2. The first-order valence-corrected chi connectivity index (χ1v) is 10.3. The van der Waals surface area contributed by atoms with Crippen LogP contribution in [-0.4, -0.2) is 33.0 Å². The summed E-state index contributed by atoms with van der Waals surface area (Å²) in [6, 6.07) is 9.74. The molecule has 2 aromatic heterocycles. The fourth-order valence-electron chi connectivity index (χ4n) is 3.26. The van der Waals surface area contributed by atoms with Gasteiger partial charge in [-0.05, 0) is 38.0 Å². The second kappa shape index (κ2) is 8.55. The van der Waals surface area contributed by atoms with E-state index in [1.165, 1.54) is 24.6 Å². The van der Waals surface area contributed by atoms with E-state index in [1.807, 2.05) is 25.1 Å². The van der Waals surface area contributed by atoms with Crippen molar-refractivity contribution in [3.8, 4) is 17.5 Å². The van der Waals surface area contributed by atoms with E-state index in [0.29, 0.717) is 17.9 Å². The molecule has 0 atom stereocenters. The van der Waals surface area contributed by atoms with E-state index < -0.39 is 0 Å². The van der Waals surface area contributed by atoms with Crippen LogP contribution >= 0.6 is 11.8 Å². The number of anilines is 1. The molecule has 3 heterocycles. The van der Waals surface area contributed by atoms with Gasteiger partial charge in [0.2, 0.25) is 0 Å². The van der Waals surface area contributed by atoms with Crippen LogP contribution in [0.15, 0.2) is 46.6 Å². The van der Waals surface area contributed by atoms with Crippen LogP contribution in [0, 0.1) is 18.3 Å². The van der Waals surface area contributed by atoms with Crippen molar-refractivity contribution < 1.29 is 0 Å². The number of rotatable bonds is 5. The largest absolute Gasteiger partial charge is 0.356 e. The van der Waals surface area contributed by atoms with Crippen LogP contribution in [0.3, 0.4) is 0 Å². The van der Waals surface area contributed by atoms with Crippen LogP contribution in [0.5, 0.6) is 0 Å². The van der Waals surface area contributed by atoms with E-state index in [9.17, 15) is 5.26 Å². The minimum atomic E-state index is 0.398. The lowest BCUT2D eigenvalue weighted by atomic mass is 10.1. The number of benzene rings is 1. The lowest BCUT2D eigenvalue weighted by molar-refractivity contribution is 0.882. The minimum absolute atomic E-state index is 0.398. The van der Waals surface area contributed by atoms with E-state index in [0.717, 1.165) is 45.8 Å². The van der Waals surface area contributed by atoms with Crippen molar-refractivity contribution in [2.24, 2.45) is 5.73 Å². The van der Waals surface area contributed by atoms with Crippen LogP contribution in [0.4, 0.5) is 5.82 Å². The summed E-state index contributed by atoms with van der Waals surface area (Å²) in [4.78, 5) is 21.3. The fourth-order valence-corrected chi connectivity index (χ4v) is 4.28. The van der Waals surface area contributed by atoms with Crippen molar-refractivity contribution in [3.05, 3.63) is 53.6 Å². The summed E-state index contributed by atoms with van der Waals surface area (Å²) < 4.78 is 0. The van der Waals surface area contributed by atoms with Gasteiger partial charge in [0.15, 0.2) is 5.82 Å². The molecular formula is C21H21N7S. The van der Waals surface area contributed by atoms with Crippen LogP contribution in [0.1, 0.15) is 29.8 Å². The maximum atomic E-state index is 9.35. The van der Waals surface area contributed by atoms with Gasteiger partial charge in [-0.3, -0.25) is 0 Å². The molecule has 4 rings (SSSR count). The standard InChI is InChI=1S/C21H21N7S/c1-14-26-19(28-6-2-3-7-28)9-20(27-14)29-18-8-15(10-22)4-5-17(18)21-24-12-16(11-23)13-25-21/h4-5,8-9,12-13H,2-3,6-7,11,23H2,1H3. The van der Waals surface area contributed by atoms with Crippen molar-refractivity contribution in [1.29, 1.82) is 5.26 Å². The Morgan fingerprint density at radius 3 is 2.59 bits per heavy atom. The van der Waals surface area contributed by atoms with Crippen LogP contribution in [0.2, 0.25) is 0 Å². The maximum absolute atomic E-state index is 9.35. The molecule has 2 N–H and O–H groups in total. The molecule has 0 amide bonds. The molecule has 0 saturated carbocycles. The number of nitrogens with two attached hydrogens (primary N) is 1. The molecule has 0 aliphatic carbocycles. The molecule has 0 radical (unpaired) electrons. The zero-order valence-corrected chi connectivity index (χ0v) is 17.0. The number of hydrogen-bond donors (Lipinski definition) is 1. The maximum Gasteiger partial charge on any atom is 0.160 e. The molecule has 1 aliphatic heterocycles. The highest BCUT2D eigenvalue weighted by atomic mass is 32.2.